The van der Waals surface area contributed by atoms with E-state index in [4.69, 9.17) is 9.47 Å². The number of carbonyl (C=O) groups is 4. The normalized spacial score (nSPS) is 15.9. The molecule has 0 aliphatic carbocycles. The van der Waals surface area contributed by atoms with E-state index in [2.05, 4.69) is 4.74 Å². The van der Waals surface area contributed by atoms with Crippen molar-refractivity contribution in [1.29, 1.82) is 0 Å². The van der Waals surface area contributed by atoms with E-state index in [1.807, 2.05) is 0 Å². The predicted octanol–water partition coefficient (Wildman–Crippen LogP) is 3.28. The molecule has 31 heavy (non-hydrogen) atoms. The van der Waals surface area contributed by atoms with Gasteiger partial charge >= 0.3 is 11.9 Å². The summed E-state index contributed by atoms with van der Waals surface area (Å²) in [5.74, 6) is -3.35. The van der Waals surface area contributed by atoms with Crippen LogP contribution in [0.5, 0.6) is 5.75 Å². The second-order valence-corrected chi connectivity index (χ2v) is 6.76. The Bertz CT molecular complexity index is 1080. The molecular weight excluding hydrogens is 400 g/mol. The standard InChI is InChI=1S/C24H20O7/c1-15-13-20(26)22(24(28)31-15)19(25)12-11-17-5-3-4-6-21(17)30-14-16-7-9-18(10-8-16)23(27)29-2/h3-13,22H,14H2,1-2H3/b12-11+/t22-/m1/s1. The van der Waals surface area contributed by atoms with Gasteiger partial charge in [-0.25, -0.2) is 4.79 Å². The molecule has 0 N–H and O–H groups in total. The van der Waals surface area contributed by atoms with Gasteiger partial charge in [0, 0.05) is 11.6 Å². The van der Waals surface area contributed by atoms with Gasteiger partial charge in [0.25, 0.3) is 0 Å². The monoisotopic (exact) mass is 420 g/mol. The lowest BCUT2D eigenvalue weighted by Crippen LogP contribution is -2.34. The first-order chi connectivity index (χ1) is 14.9. The Balaban J connectivity index is 1.69. The van der Waals surface area contributed by atoms with Crippen molar-refractivity contribution in [3.8, 4) is 5.75 Å². The fraction of sp³-hybridized carbons (Fsp3) is 0.167. The third kappa shape index (κ3) is 5.33. The summed E-state index contributed by atoms with van der Waals surface area (Å²) in [5.41, 5.74) is 1.87. The maximum absolute atomic E-state index is 12.4. The van der Waals surface area contributed by atoms with Crippen LogP contribution in [0.1, 0.15) is 28.4 Å². The van der Waals surface area contributed by atoms with Crippen LogP contribution in [0.25, 0.3) is 6.08 Å². The lowest BCUT2D eigenvalue weighted by molar-refractivity contribution is -0.151. The van der Waals surface area contributed by atoms with Gasteiger partial charge in [0.1, 0.15) is 18.1 Å². The summed E-state index contributed by atoms with van der Waals surface area (Å²) in [7, 11) is 1.32. The number of ether oxygens (including phenoxy) is 3. The number of cyclic esters (lactones) is 1. The van der Waals surface area contributed by atoms with Crippen molar-refractivity contribution in [1.82, 2.24) is 0 Å². The first kappa shape index (κ1) is 21.7. The lowest BCUT2D eigenvalue weighted by atomic mass is 9.96. The molecule has 0 saturated heterocycles. The molecule has 0 aromatic heterocycles. The average molecular weight is 420 g/mol. The number of hydrogen-bond acceptors (Lipinski definition) is 7. The molecule has 0 saturated carbocycles. The smallest absolute Gasteiger partial charge is 0.337 e. The van der Waals surface area contributed by atoms with Crippen molar-refractivity contribution in [3.63, 3.8) is 0 Å². The number of esters is 2. The Morgan fingerprint density at radius 3 is 2.45 bits per heavy atom. The Kier molecular flexibility index (Phi) is 6.77. The maximum atomic E-state index is 12.4. The number of benzene rings is 2. The van der Waals surface area contributed by atoms with Crippen molar-refractivity contribution in [2.24, 2.45) is 5.92 Å². The minimum absolute atomic E-state index is 0.168. The minimum Gasteiger partial charge on any atom is -0.488 e. The molecule has 2 aromatic rings. The molecule has 0 spiro atoms. The molecule has 0 radical (unpaired) electrons. The molecule has 1 atom stereocenters. The zero-order chi connectivity index (χ0) is 22.4. The van der Waals surface area contributed by atoms with E-state index in [1.165, 1.54) is 26.2 Å². The van der Waals surface area contributed by atoms with Crippen molar-refractivity contribution in [2.45, 2.75) is 13.5 Å². The summed E-state index contributed by atoms with van der Waals surface area (Å²) in [6.45, 7) is 1.71. The van der Waals surface area contributed by atoms with E-state index in [1.54, 1.807) is 48.5 Å². The third-order valence-electron chi connectivity index (χ3n) is 4.53. The Hall–Kier alpha value is -4.00. The lowest BCUT2D eigenvalue weighted by Gasteiger charge is -2.15. The van der Waals surface area contributed by atoms with Crippen LogP contribution in [-0.4, -0.2) is 30.6 Å². The van der Waals surface area contributed by atoms with Gasteiger partial charge in [0.15, 0.2) is 17.5 Å². The van der Waals surface area contributed by atoms with Gasteiger partial charge in [-0.1, -0.05) is 30.3 Å². The molecule has 0 unspecified atom stereocenters. The van der Waals surface area contributed by atoms with Crippen molar-refractivity contribution >= 4 is 29.6 Å². The van der Waals surface area contributed by atoms with Gasteiger partial charge in [0.2, 0.25) is 0 Å². The fourth-order valence-electron chi connectivity index (χ4n) is 2.94. The van der Waals surface area contributed by atoms with Crippen LogP contribution in [0.3, 0.4) is 0 Å². The summed E-state index contributed by atoms with van der Waals surface area (Å²) in [6.07, 6.45) is 3.80. The number of para-hydroxylation sites is 1. The van der Waals surface area contributed by atoms with Crippen molar-refractivity contribution in [2.75, 3.05) is 7.11 Å². The first-order valence-electron chi connectivity index (χ1n) is 9.44. The number of carbonyl (C=O) groups excluding carboxylic acids is 4. The van der Waals surface area contributed by atoms with Crippen molar-refractivity contribution in [3.05, 3.63) is 83.1 Å². The first-order valence-corrected chi connectivity index (χ1v) is 9.44. The van der Waals surface area contributed by atoms with Gasteiger partial charge in [-0.05, 0) is 42.8 Å². The average Bonchev–Trinajstić information content (AvgIpc) is 2.76. The molecule has 0 bridgehead atoms. The number of methoxy groups -OCH3 is 1. The Morgan fingerprint density at radius 2 is 1.77 bits per heavy atom. The highest BCUT2D eigenvalue weighted by molar-refractivity contribution is 6.25. The molecule has 2 aromatic carbocycles. The van der Waals surface area contributed by atoms with E-state index >= 15 is 0 Å². The molecule has 1 aliphatic rings. The molecule has 7 heteroatoms. The van der Waals surface area contributed by atoms with Gasteiger partial charge in [-0.2, -0.15) is 0 Å². The summed E-state index contributed by atoms with van der Waals surface area (Å²) >= 11 is 0. The molecule has 158 valence electrons. The number of ketones is 2. The third-order valence-corrected chi connectivity index (χ3v) is 4.53. The quantitative estimate of drug-likeness (QED) is 0.385. The van der Waals surface area contributed by atoms with Crippen LogP contribution >= 0.6 is 0 Å². The Labute approximate surface area is 178 Å². The molecular formula is C24H20O7. The van der Waals surface area contributed by atoms with E-state index in [9.17, 15) is 19.2 Å². The van der Waals surface area contributed by atoms with Crippen molar-refractivity contribution < 1.29 is 33.4 Å². The Morgan fingerprint density at radius 1 is 1.06 bits per heavy atom. The summed E-state index contributed by atoms with van der Waals surface area (Å²) in [4.78, 5) is 47.8. The van der Waals surface area contributed by atoms with Gasteiger partial charge in [-0.15, -0.1) is 0 Å². The molecule has 0 fully saturated rings. The van der Waals surface area contributed by atoms with E-state index in [0.717, 1.165) is 11.6 Å². The molecule has 0 amide bonds. The number of rotatable bonds is 7. The SMILES string of the molecule is COC(=O)c1ccc(COc2ccccc2/C=C/C(=O)[C@@H]2C(=O)C=C(C)OC2=O)cc1. The van der Waals surface area contributed by atoms with Crippen LogP contribution in [0.2, 0.25) is 0 Å². The molecule has 3 rings (SSSR count). The molecule has 7 nitrogen and oxygen atoms in total. The topological polar surface area (TPSA) is 96.0 Å². The number of hydrogen-bond donors (Lipinski definition) is 0. The van der Waals surface area contributed by atoms with E-state index < -0.39 is 29.4 Å². The number of allylic oxidation sites excluding steroid dienone is 3. The largest absolute Gasteiger partial charge is 0.488 e. The van der Waals surface area contributed by atoms with E-state index in [-0.39, 0.29) is 12.4 Å². The zero-order valence-electron chi connectivity index (χ0n) is 17.0. The summed E-state index contributed by atoms with van der Waals surface area (Å²) in [6, 6.07) is 13.8. The van der Waals surface area contributed by atoms with Crippen LogP contribution < -0.4 is 4.74 Å². The maximum Gasteiger partial charge on any atom is 0.337 e. The highest BCUT2D eigenvalue weighted by Gasteiger charge is 2.36. The zero-order valence-corrected chi connectivity index (χ0v) is 17.0. The minimum atomic E-state index is -1.48. The van der Waals surface area contributed by atoms with Crippen LogP contribution in [-0.2, 0) is 30.5 Å². The second kappa shape index (κ2) is 9.67. The van der Waals surface area contributed by atoms with Gasteiger partial charge < -0.3 is 14.2 Å². The van der Waals surface area contributed by atoms with E-state index in [0.29, 0.717) is 16.9 Å². The van der Waals surface area contributed by atoms with Crippen LogP contribution in [0.15, 0.2) is 66.4 Å². The van der Waals surface area contributed by atoms with Gasteiger partial charge in [0.05, 0.1) is 12.7 Å². The summed E-state index contributed by atoms with van der Waals surface area (Å²) in [5, 5.41) is 0. The second-order valence-electron chi connectivity index (χ2n) is 6.76. The fourth-order valence-corrected chi connectivity index (χ4v) is 2.94. The molecule has 1 heterocycles. The van der Waals surface area contributed by atoms with Crippen LogP contribution in [0.4, 0.5) is 0 Å². The highest BCUT2D eigenvalue weighted by atomic mass is 16.5. The van der Waals surface area contributed by atoms with Gasteiger partial charge in [-0.3, -0.25) is 14.4 Å². The summed E-state index contributed by atoms with van der Waals surface area (Å²) < 4.78 is 15.4. The predicted molar refractivity (Wildman–Crippen MR) is 111 cm³/mol. The van der Waals surface area contributed by atoms with Crippen LogP contribution in [0, 0.1) is 5.92 Å². The highest BCUT2D eigenvalue weighted by Crippen LogP contribution is 2.22. The molecule has 1 aliphatic heterocycles.